The van der Waals surface area contributed by atoms with E-state index in [1.807, 2.05) is 4.90 Å². The maximum Gasteiger partial charge on any atom is 0.317 e. The number of amides is 2. The number of rotatable bonds is 2. The van der Waals surface area contributed by atoms with Gasteiger partial charge in [-0.05, 0) is 30.9 Å². The Morgan fingerprint density at radius 2 is 2.22 bits per heavy atom. The van der Waals surface area contributed by atoms with Crippen molar-refractivity contribution in [3.63, 3.8) is 0 Å². The first-order valence-electron chi connectivity index (χ1n) is 8.14. The van der Waals surface area contributed by atoms with Gasteiger partial charge in [-0.3, -0.25) is 0 Å². The van der Waals surface area contributed by atoms with Crippen molar-refractivity contribution in [1.82, 2.24) is 10.2 Å². The molecule has 3 atom stereocenters. The van der Waals surface area contributed by atoms with Gasteiger partial charge < -0.3 is 15.0 Å². The molecule has 2 aliphatic heterocycles. The highest BCUT2D eigenvalue weighted by Gasteiger charge is 2.45. The van der Waals surface area contributed by atoms with Gasteiger partial charge in [0.2, 0.25) is 0 Å². The lowest BCUT2D eigenvalue weighted by molar-refractivity contribution is 0.152. The molecule has 4 nitrogen and oxygen atoms in total. The van der Waals surface area contributed by atoms with Gasteiger partial charge in [0.15, 0.2) is 0 Å². The van der Waals surface area contributed by atoms with E-state index in [4.69, 9.17) is 4.74 Å². The number of urea groups is 1. The number of nitrogens with zero attached hydrogens (tertiary/aromatic N) is 1. The molecule has 4 rings (SSSR count). The van der Waals surface area contributed by atoms with Crippen molar-refractivity contribution in [3.05, 3.63) is 35.4 Å². The molecular formula is C17H20F2N2O2. The fourth-order valence-corrected chi connectivity index (χ4v) is 3.83. The molecule has 1 aromatic rings. The van der Waals surface area contributed by atoms with Crippen LogP contribution < -0.4 is 5.32 Å². The summed E-state index contributed by atoms with van der Waals surface area (Å²) in [7, 11) is 0. The maximum atomic E-state index is 13.8. The fraction of sp³-hybridized carbons (Fsp3) is 0.588. The molecule has 23 heavy (non-hydrogen) atoms. The van der Waals surface area contributed by atoms with Crippen LogP contribution in [-0.4, -0.2) is 43.3 Å². The van der Waals surface area contributed by atoms with Crippen molar-refractivity contribution in [3.8, 4) is 0 Å². The second kappa shape index (κ2) is 5.44. The highest BCUT2D eigenvalue weighted by molar-refractivity contribution is 5.75. The lowest BCUT2D eigenvalue weighted by Crippen LogP contribution is -2.41. The molecule has 0 radical (unpaired) electrons. The van der Waals surface area contributed by atoms with Gasteiger partial charge in [-0.2, -0.15) is 0 Å². The van der Waals surface area contributed by atoms with Crippen LogP contribution in [0.4, 0.5) is 13.6 Å². The molecule has 2 saturated heterocycles. The van der Waals surface area contributed by atoms with E-state index in [0.717, 1.165) is 45.2 Å². The lowest BCUT2D eigenvalue weighted by Gasteiger charge is -2.22. The molecule has 6 heteroatoms. The number of nitrogens with one attached hydrogen (secondary N) is 1. The van der Waals surface area contributed by atoms with Gasteiger partial charge in [0.1, 0.15) is 11.6 Å². The third-order valence-electron chi connectivity index (χ3n) is 5.37. The van der Waals surface area contributed by atoms with E-state index in [0.29, 0.717) is 12.0 Å². The van der Waals surface area contributed by atoms with Crippen LogP contribution in [0.15, 0.2) is 18.2 Å². The molecule has 0 aromatic heterocycles. The summed E-state index contributed by atoms with van der Waals surface area (Å²) in [5.41, 5.74) is 0.627. The molecule has 1 N–H and O–H groups in total. The predicted molar refractivity (Wildman–Crippen MR) is 80.1 cm³/mol. The minimum atomic E-state index is -0.575. The summed E-state index contributed by atoms with van der Waals surface area (Å²) in [6.07, 6.45) is 2.71. The minimum absolute atomic E-state index is 0.0501. The van der Waals surface area contributed by atoms with Crippen molar-refractivity contribution < 1.29 is 18.3 Å². The summed E-state index contributed by atoms with van der Waals surface area (Å²) < 4.78 is 32.2. The van der Waals surface area contributed by atoms with Crippen LogP contribution in [0.3, 0.4) is 0 Å². The van der Waals surface area contributed by atoms with E-state index in [2.05, 4.69) is 5.32 Å². The second-order valence-corrected chi connectivity index (χ2v) is 7.04. The Morgan fingerprint density at radius 1 is 1.35 bits per heavy atom. The molecule has 3 fully saturated rings. The predicted octanol–water partition coefficient (Wildman–Crippen LogP) is 2.64. The van der Waals surface area contributed by atoms with Crippen LogP contribution in [-0.2, 0) is 4.74 Å². The molecule has 1 saturated carbocycles. The van der Waals surface area contributed by atoms with Crippen molar-refractivity contribution >= 4 is 6.03 Å². The first-order valence-corrected chi connectivity index (χ1v) is 8.14. The van der Waals surface area contributed by atoms with E-state index in [1.165, 1.54) is 12.1 Å². The number of carbonyl (C=O) groups is 1. The zero-order valence-electron chi connectivity index (χ0n) is 12.9. The number of benzene rings is 1. The van der Waals surface area contributed by atoms with E-state index >= 15 is 0 Å². The molecule has 3 unspecified atom stereocenters. The van der Waals surface area contributed by atoms with Gasteiger partial charge in [0.25, 0.3) is 0 Å². The van der Waals surface area contributed by atoms with Crippen molar-refractivity contribution in [2.45, 2.75) is 31.2 Å². The molecular weight excluding hydrogens is 302 g/mol. The average molecular weight is 322 g/mol. The Hall–Kier alpha value is -1.69. The zero-order chi connectivity index (χ0) is 16.0. The van der Waals surface area contributed by atoms with Crippen LogP contribution in [0.5, 0.6) is 0 Å². The normalized spacial score (nSPS) is 32.5. The SMILES string of the molecule is O=C(NC1CC1c1ccc(F)cc1F)N1CCC2(CCOC2)C1. The van der Waals surface area contributed by atoms with Crippen LogP contribution in [0.1, 0.15) is 30.7 Å². The summed E-state index contributed by atoms with van der Waals surface area (Å²) in [6, 6.07) is 3.50. The number of hydrogen-bond acceptors (Lipinski definition) is 2. The van der Waals surface area contributed by atoms with E-state index in [-0.39, 0.29) is 23.4 Å². The van der Waals surface area contributed by atoms with Gasteiger partial charge in [-0.25, -0.2) is 13.6 Å². The molecule has 1 spiro atoms. The highest BCUT2D eigenvalue weighted by Crippen LogP contribution is 2.43. The summed E-state index contributed by atoms with van der Waals surface area (Å²) in [4.78, 5) is 14.2. The van der Waals surface area contributed by atoms with E-state index in [1.54, 1.807) is 0 Å². The average Bonchev–Trinajstić information content (AvgIpc) is 2.96. The first-order chi connectivity index (χ1) is 11.1. The Bertz CT molecular complexity index is 631. The molecule has 2 heterocycles. The standard InChI is InChI=1S/C17H20F2N2O2/c18-11-1-2-12(14(19)7-11)13-8-15(13)20-16(22)21-5-3-17(9-21)4-6-23-10-17/h1-2,7,13,15H,3-6,8-10H2,(H,20,22). The number of halogens is 2. The van der Waals surface area contributed by atoms with Gasteiger partial charge in [0, 0.05) is 43.1 Å². The monoisotopic (exact) mass is 322 g/mol. The zero-order valence-corrected chi connectivity index (χ0v) is 12.9. The molecule has 0 bridgehead atoms. The molecule has 2 amide bonds. The highest BCUT2D eigenvalue weighted by atomic mass is 19.1. The Morgan fingerprint density at radius 3 is 2.96 bits per heavy atom. The van der Waals surface area contributed by atoms with Gasteiger partial charge in [-0.1, -0.05) is 6.07 Å². The number of likely N-dealkylation sites (tertiary alicyclic amines) is 1. The minimum Gasteiger partial charge on any atom is -0.381 e. The fourth-order valence-electron chi connectivity index (χ4n) is 3.83. The molecule has 1 aliphatic carbocycles. The number of hydrogen-bond donors (Lipinski definition) is 1. The Labute approximate surface area is 133 Å². The first kappa shape index (κ1) is 14.9. The van der Waals surface area contributed by atoms with Crippen LogP contribution in [0.2, 0.25) is 0 Å². The van der Waals surface area contributed by atoms with Crippen LogP contribution in [0, 0.1) is 17.0 Å². The lowest BCUT2D eigenvalue weighted by atomic mass is 9.87. The van der Waals surface area contributed by atoms with Gasteiger partial charge in [-0.15, -0.1) is 0 Å². The maximum absolute atomic E-state index is 13.8. The molecule has 124 valence electrons. The van der Waals surface area contributed by atoms with Gasteiger partial charge >= 0.3 is 6.03 Å². The largest absolute Gasteiger partial charge is 0.381 e. The molecule has 3 aliphatic rings. The molecule has 1 aromatic carbocycles. The van der Waals surface area contributed by atoms with E-state index in [9.17, 15) is 13.6 Å². The number of ether oxygens (including phenoxy) is 1. The van der Waals surface area contributed by atoms with E-state index < -0.39 is 11.6 Å². The van der Waals surface area contributed by atoms with Gasteiger partial charge in [0.05, 0.1) is 6.61 Å². The topological polar surface area (TPSA) is 41.6 Å². The second-order valence-electron chi connectivity index (χ2n) is 7.04. The Balaban J connectivity index is 1.34. The van der Waals surface area contributed by atoms with Crippen molar-refractivity contribution in [1.29, 1.82) is 0 Å². The Kier molecular flexibility index (Phi) is 3.52. The van der Waals surface area contributed by atoms with Crippen molar-refractivity contribution in [2.75, 3.05) is 26.3 Å². The summed E-state index contributed by atoms with van der Waals surface area (Å²) >= 11 is 0. The number of carbonyl (C=O) groups excluding carboxylic acids is 1. The van der Waals surface area contributed by atoms with Crippen molar-refractivity contribution in [2.24, 2.45) is 5.41 Å². The summed E-state index contributed by atoms with van der Waals surface area (Å²) in [5, 5.41) is 2.98. The smallest absolute Gasteiger partial charge is 0.317 e. The third-order valence-corrected chi connectivity index (χ3v) is 5.37. The quantitative estimate of drug-likeness (QED) is 0.909. The summed E-state index contributed by atoms with van der Waals surface area (Å²) in [5.74, 6) is -1.16. The van der Waals surface area contributed by atoms with Crippen LogP contribution >= 0.6 is 0 Å². The van der Waals surface area contributed by atoms with Crippen LogP contribution in [0.25, 0.3) is 0 Å². The third kappa shape index (κ3) is 2.80. The summed E-state index contributed by atoms with van der Waals surface area (Å²) in [6.45, 7) is 3.01.